The smallest absolute Gasteiger partial charge is 0.330 e. The third kappa shape index (κ3) is 1.89. The molecule has 5 heteroatoms. The number of nitrogens with zero attached hydrogens (tertiary/aromatic N) is 1. The van der Waals surface area contributed by atoms with Gasteiger partial charge in [-0.15, -0.1) is 0 Å². The van der Waals surface area contributed by atoms with E-state index >= 15 is 0 Å². The van der Waals surface area contributed by atoms with E-state index in [4.69, 9.17) is 9.84 Å². The summed E-state index contributed by atoms with van der Waals surface area (Å²) in [6.07, 6.45) is -0.863. The minimum absolute atomic E-state index is 0.301. The average molecular weight is 235 g/mol. The molecule has 1 N–H and O–H groups in total. The van der Waals surface area contributed by atoms with Crippen molar-refractivity contribution in [2.24, 2.45) is 0 Å². The Balaban J connectivity index is 2.24. The number of rotatable bonds is 4. The molecule has 0 bridgehead atoms. The number of hydrogen-bond donors (Lipinski definition) is 1. The number of carboxylic acids is 1. The van der Waals surface area contributed by atoms with Crippen LogP contribution in [0.25, 0.3) is 0 Å². The highest BCUT2D eigenvalue weighted by molar-refractivity contribution is 6.12. The van der Waals surface area contributed by atoms with Gasteiger partial charge in [0.15, 0.2) is 12.1 Å². The van der Waals surface area contributed by atoms with Crippen molar-refractivity contribution in [3.63, 3.8) is 0 Å². The van der Waals surface area contributed by atoms with Crippen LogP contribution in [-0.4, -0.2) is 35.7 Å². The Bertz CT molecular complexity index is 431. The minimum atomic E-state index is -1.05. The normalized spacial score (nSPS) is 23.4. The molecule has 0 saturated carbocycles. The fraction of sp³-hybridized carbons (Fsp3) is 0.333. The van der Waals surface area contributed by atoms with Crippen molar-refractivity contribution < 1.29 is 19.4 Å². The molecule has 1 amide bonds. The van der Waals surface area contributed by atoms with Crippen molar-refractivity contribution >= 4 is 17.6 Å². The van der Waals surface area contributed by atoms with Crippen LogP contribution in [0.15, 0.2) is 30.3 Å². The number of amides is 1. The van der Waals surface area contributed by atoms with Gasteiger partial charge in [-0.1, -0.05) is 18.2 Å². The number of aliphatic carboxylic acids is 1. The number of ether oxygens (including phenoxy) is 1. The maximum absolute atomic E-state index is 11.8. The number of benzene rings is 1. The first-order valence-electron chi connectivity index (χ1n) is 5.39. The van der Waals surface area contributed by atoms with Gasteiger partial charge < -0.3 is 9.84 Å². The monoisotopic (exact) mass is 235 g/mol. The molecule has 2 atom stereocenters. The standard InChI is InChI=1S/C12H13NO4/c1-2-17-10-9(12(15)16)13(11(10)14)8-6-4-3-5-7-8/h3-7,9-10H,2H2,1H3,(H,15,16)/t9-,10-/m0/s1. The molecule has 0 unspecified atom stereocenters. The maximum atomic E-state index is 11.8. The number of carbonyl (C=O) groups is 2. The maximum Gasteiger partial charge on any atom is 0.330 e. The first-order valence-corrected chi connectivity index (χ1v) is 5.39. The molecular formula is C12H13NO4. The largest absolute Gasteiger partial charge is 0.480 e. The zero-order valence-electron chi connectivity index (χ0n) is 9.37. The van der Waals surface area contributed by atoms with Crippen molar-refractivity contribution in [1.29, 1.82) is 0 Å². The SMILES string of the molecule is CCO[C@@H]1C(=O)N(c2ccccc2)[C@@H]1C(=O)O. The van der Waals surface area contributed by atoms with Crippen LogP contribution in [0.5, 0.6) is 0 Å². The average Bonchev–Trinajstić information content (AvgIpc) is 2.33. The van der Waals surface area contributed by atoms with Gasteiger partial charge >= 0.3 is 5.97 Å². The summed E-state index contributed by atoms with van der Waals surface area (Å²) < 4.78 is 5.14. The topological polar surface area (TPSA) is 66.8 Å². The lowest BCUT2D eigenvalue weighted by Crippen LogP contribution is -2.69. The van der Waals surface area contributed by atoms with Gasteiger partial charge in [-0.3, -0.25) is 9.69 Å². The van der Waals surface area contributed by atoms with E-state index in [0.717, 1.165) is 0 Å². The molecule has 1 heterocycles. The lowest BCUT2D eigenvalue weighted by molar-refractivity contribution is -0.157. The Kier molecular flexibility index (Phi) is 3.10. The van der Waals surface area contributed by atoms with Crippen LogP contribution in [0.2, 0.25) is 0 Å². The second-order valence-electron chi connectivity index (χ2n) is 3.70. The summed E-state index contributed by atoms with van der Waals surface area (Å²) in [5.41, 5.74) is 0.584. The van der Waals surface area contributed by atoms with Crippen LogP contribution in [-0.2, 0) is 14.3 Å². The summed E-state index contributed by atoms with van der Waals surface area (Å²) in [6, 6.07) is 7.81. The van der Waals surface area contributed by atoms with Gasteiger partial charge in [0, 0.05) is 12.3 Å². The number of para-hydroxylation sites is 1. The van der Waals surface area contributed by atoms with Crippen molar-refractivity contribution in [3.8, 4) is 0 Å². The van der Waals surface area contributed by atoms with Gasteiger partial charge in [0.25, 0.3) is 5.91 Å². The van der Waals surface area contributed by atoms with Crippen LogP contribution in [0.1, 0.15) is 6.92 Å². The van der Waals surface area contributed by atoms with Crippen molar-refractivity contribution in [1.82, 2.24) is 0 Å². The van der Waals surface area contributed by atoms with Gasteiger partial charge in [-0.2, -0.15) is 0 Å². The van der Waals surface area contributed by atoms with E-state index < -0.39 is 18.1 Å². The van der Waals surface area contributed by atoms with Crippen LogP contribution in [0.4, 0.5) is 5.69 Å². The number of β-lactam (4-membered cyclic amide) rings is 1. The number of hydrogen-bond acceptors (Lipinski definition) is 3. The first kappa shape index (κ1) is 11.6. The quantitative estimate of drug-likeness (QED) is 0.787. The molecule has 0 radical (unpaired) electrons. The summed E-state index contributed by atoms with van der Waals surface area (Å²) in [4.78, 5) is 24.2. The fourth-order valence-electron chi connectivity index (χ4n) is 1.92. The highest BCUT2D eigenvalue weighted by Crippen LogP contribution is 2.30. The zero-order valence-corrected chi connectivity index (χ0v) is 9.37. The predicted octanol–water partition coefficient (Wildman–Crippen LogP) is 0.891. The summed E-state index contributed by atoms with van der Waals surface area (Å²) in [5, 5.41) is 9.11. The van der Waals surface area contributed by atoms with E-state index in [9.17, 15) is 9.59 Å². The Morgan fingerprint density at radius 3 is 2.59 bits per heavy atom. The zero-order chi connectivity index (χ0) is 12.4. The molecule has 5 nitrogen and oxygen atoms in total. The summed E-state index contributed by atoms with van der Waals surface area (Å²) in [6.45, 7) is 2.06. The summed E-state index contributed by atoms with van der Waals surface area (Å²) in [7, 11) is 0. The molecule has 1 aliphatic heterocycles. The van der Waals surface area contributed by atoms with E-state index in [0.29, 0.717) is 12.3 Å². The predicted molar refractivity (Wildman–Crippen MR) is 60.8 cm³/mol. The van der Waals surface area contributed by atoms with Crippen molar-refractivity contribution in [2.45, 2.75) is 19.1 Å². The van der Waals surface area contributed by atoms with E-state index in [-0.39, 0.29) is 5.91 Å². The van der Waals surface area contributed by atoms with Gasteiger partial charge in [0.1, 0.15) is 0 Å². The van der Waals surface area contributed by atoms with Crippen LogP contribution < -0.4 is 4.90 Å². The highest BCUT2D eigenvalue weighted by atomic mass is 16.5. The van der Waals surface area contributed by atoms with E-state index in [2.05, 4.69) is 0 Å². The Morgan fingerprint density at radius 1 is 1.41 bits per heavy atom. The molecule has 0 aliphatic carbocycles. The minimum Gasteiger partial charge on any atom is -0.480 e. The van der Waals surface area contributed by atoms with Gasteiger partial charge in [-0.25, -0.2) is 4.79 Å². The molecule has 1 aliphatic rings. The number of carbonyl (C=O) groups excluding carboxylic acids is 1. The molecule has 1 fully saturated rings. The lowest BCUT2D eigenvalue weighted by Gasteiger charge is -2.43. The van der Waals surface area contributed by atoms with E-state index in [1.165, 1.54) is 4.90 Å². The van der Waals surface area contributed by atoms with Crippen LogP contribution in [0, 0.1) is 0 Å². The summed E-state index contributed by atoms with van der Waals surface area (Å²) >= 11 is 0. The van der Waals surface area contributed by atoms with Crippen LogP contribution >= 0.6 is 0 Å². The van der Waals surface area contributed by atoms with Gasteiger partial charge in [-0.05, 0) is 19.1 Å². The second-order valence-corrected chi connectivity index (χ2v) is 3.70. The second kappa shape index (κ2) is 4.55. The van der Waals surface area contributed by atoms with E-state index in [1.807, 2.05) is 6.07 Å². The molecule has 90 valence electrons. The van der Waals surface area contributed by atoms with Crippen LogP contribution in [0.3, 0.4) is 0 Å². The molecular weight excluding hydrogens is 222 g/mol. The molecule has 17 heavy (non-hydrogen) atoms. The van der Waals surface area contributed by atoms with Crippen molar-refractivity contribution in [3.05, 3.63) is 30.3 Å². The third-order valence-electron chi connectivity index (χ3n) is 2.68. The molecule has 2 rings (SSSR count). The molecule has 1 aromatic rings. The third-order valence-corrected chi connectivity index (χ3v) is 2.68. The van der Waals surface area contributed by atoms with E-state index in [1.54, 1.807) is 31.2 Å². The number of carboxylic acid groups (broad SMARTS) is 1. The van der Waals surface area contributed by atoms with Gasteiger partial charge in [0.2, 0.25) is 0 Å². The Morgan fingerprint density at radius 2 is 2.06 bits per heavy atom. The Hall–Kier alpha value is -1.88. The molecule has 0 aromatic heterocycles. The van der Waals surface area contributed by atoms with Crippen molar-refractivity contribution in [2.75, 3.05) is 11.5 Å². The first-order chi connectivity index (χ1) is 8.16. The Labute approximate surface area is 98.6 Å². The lowest BCUT2D eigenvalue weighted by atomic mass is 9.96. The highest BCUT2D eigenvalue weighted by Gasteiger charge is 2.53. The summed E-state index contributed by atoms with van der Waals surface area (Å²) in [5.74, 6) is -1.35. The molecule has 1 aromatic carbocycles. The molecule has 1 saturated heterocycles. The fourth-order valence-corrected chi connectivity index (χ4v) is 1.92. The molecule has 0 spiro atoms. The van der Waals surface area contributed by atoms with Gasteiger partial charge in [0.05, 0.1) is 0 Å². The number of anilines is 1.